The van der Waals surface area contributed by atoms with E-state index in [0.717, 1.165) is 44.6 Å². The highest BCUT2D eigenvalue weighted by molar-refractivity contribution is 6.31. The Morgan fingerprint density at radius 3 is 2.27 bits per heavy atom. The van der Waals surface area contributed by atoms with Gasteiger partial charge in [0, 0.05) is 16.0 Å². The lowest BCUT2D eigenvalue weighted by Crippen LogP contribution is -1.95. The van der Waals surface area contributed by atoms with Gasteiger partial charge in [-0.1, -0.05) is 54.1 Å². The van der Waals surface area contributed by atoms with Gasteiger partial charge in [-0.3, -0.25) is 0 Å². The molecule has 0 aliphatic heterocycles. The van der Waals surface area contributed by atoms with E-state index >= 15 is 0 Å². The Kier molecular flexibility index (Phi) is 4.36. The molecule has 0 bridgehead atoms. The zero-order valence-electron chi connectivity index (χ0n) is 14.7. The molecule has 0 unspecified atom stereocenters. The summed E-state index contributed by atoms with van der Waals surface area (Å²) in [5.74, 6) is 0.839. The molecule has 0 N–H and O–H groups in total. The summed E-state index contributed by atoms with van der Waals surface area (Å²) in [5, 5.41) is 1.76. The van der Waals surface area contributed by atoms with Gasteiger partial charge in [-0.2, -0.15) is 0 Å². The Hall–Kier alpha value is -2.84. The van der Waals surface area contributed by atoms with Crippen molar-refractivity contribution >= 4 is 22.5 Å². The van der Waals surface area contributed by atoms with E-state index < -0.39 is 0 Å². The van der Waals surface area contributed by atoms with Gasteiger partial charge in [0.25, 0.3) is 0 Å². The van der Waals surface area contributed by atoms with E-state index in [-0.39, 0.29) is 0 Å². The molecule has 0 saturated carbocycles. The van der Waals surface area contributed by atoms with Gasteiger partial charge in [-0.05, 0) is 53.9 Å². The summed E-state index contributed by atoms with van der Waals surface area (Å²) >= 11 is 6.29. The first kappa shape index (κ1) is 16.6. The highest BCUT2D eigenvalue weighted by atomic mass is 35.5. The van der Waals surface area contributed by atoms with Crippen molar-refractivity contribution < 1.29 is 4.74 Å². The number of nitrogens with zero attached hydrogens (tertiary/aromatic N) is 1. The molecule has 0 aliphatic carbocycles. The van der Waals surface area contributed by atoms with Crippen LogP contribution in [0, 0.1) is 6.92 Å². The molecule has 0 fully saturated rings. The lowest BCUT2D eigenvalue weighted by molar-refractivity contribution is 0.415. The van der Waals surface area contributed by atoms with Crippen molar-refractivity contribution in [2.75, 3.05) is 7.11 Å². The summed E-state index contributed by atoms with van der Waals surface area (Å²) in [5.41, 5.74) is 6.44. The minimum Gasteiger partial charge on any atom is -0.497 e. The molecule has 26 heavy (non-hydrogen) atoms. The fourth-order valence-corrected chi connectivity index (χ4v) is 3.51. The average Bonchev–Trinajstić information content (AvgIpc) is 2.68. The molecule has 0 saturated heterocycles. The van der Waals surface area contributed by atoms with E-state index in [1.54, 1.807) is 7.11 Å². The fourth-order valence-electron chi connectivity index (χ4n) is 3.34. The van der Waals surface area contributed by atoms with Gasteiger partial charge in [0.05, 0.1) is 18.3 Å². The van der Waals surface area contributed by atoms with Crippen molar-refractivity contribution in [3.8, 4) is 28.1 Å². The van der Waals surface area contributed by atoms with Crippen LogP contribution in [0.4, 0.5) is 0 Å². The van der Waals surface area contributed by atoms with E-state index in [1.807, 2.05) is 48.5 Å². The van der Waals surface area contributed by atoms with Crippen molar-refractivity contribution in [3.63, 3.8) is 0 Å². The van der Waals surface area contributed by atoms with E-state index in [2.05, 4.69) is 31.2 Å². The van der Waals surface area contributed by atoms with Crippen molar-refractivity contribution in [3.05, 3.63) is 83.4 Å². The number of fused-ring (bicyclic) bond motifs is 1. The second-order valence-electron chi connectivity index (χ2n) is 6.22. The summed E-state index contributed by atoms with van der Waals surface area (Å²) in [4.78, 5) is 4.92. The third-order valence-electron chi connectivity index (χ3n) is 4.62. The smallest absolute Gasteiger partial charge is 0.118 e. The first-order valence-corrected chi connectivity index (χ1v) is 8.85. The molecule has 2 nitrogen and oxygen atoms in total. The van der Waals surface area contributed by atoms with Crippen molar-refractivity contribution in [2.24, 2.45) is 0 Å². The fraction of sp³-hybridized carbons (Fsp3) is 0.0870. The second-order valence-corrected chi connectivity index (χ2v) is 6.65. The second kappa shape index (κ2) is 6.81. The molecule has 3 aromatic carbocycles. The third kappa shape index (κ3) is 2.93. The van der Waals surface area contributed by atoms with Crippen molar-refractivity contribution in [2.45, 2.75) is 6.92 Å². The predicted octanol–water partition coefficient (Wildman–Crippen LogP) is 6.54. The van der Waals surface area contributed by atoms with Crippen LogP contribution in [0.25, 0.3) is 33.3 Å². The molecule has 1 heterocycles. The SMILES string of the molecule is COc1ccc(-c2c(C)c(-c3ccccc3)nc3ccc(Cl)cc23)cc1. The van der Waals surface area contributed by atoms with E-state index in [0.29, 0.717) is 5.02 Å². The van der Waals surface area contributed by atoms with Crippen LogP contribution in [0.2, 0.25) is 5.02 Å². The zero-order valence-corrected chi connectivity index (χ0v) is 15.4. The minimum absolute atomic E-state index is 0.709. The van der Waals surface area contributed by atoms with Gasteiger partial charge in [0.1, 0.15) is 5.75 Å². The molecule has 128 valence electrons. The number of rotatable bonds is 3. The zero-order chi connectivity index (χ0) is 18.1. The van der Waals surface area contributed by atoms with Crippen molar-refractivity contribution in [1.29, 1.82) is 0 Å². The first-order valence-electron chi connectivity index (χ1n) is 8.47. The Labute approximate surface area is 158 Å². The molecule has 0 aliphatic rings. The van der Waals surface area contributed by atoms with Crippen LogP contribution in [0.3, 0.4) is 0 Å². The first-order chi connectivity index (χ1) is 12.7. The lowest BCUT2D eigenvalue weighted by atomic mass is 9.93. The monoisotopic (exact) mass is 359 g/mol. The maximum absolute atomic E-state index is 6.29. The van der Waals surface area contributed by atoms with E-state index in [9.17, 15) is 0 Å². The van der Waals surface area contributed by atoms with Crippen LogP contribution >= 0.6 is 11.6 Å². The molecule has 0 amide bonds. The van der Waals surface area contributed by atoms with Gasteiger partial charge in [0.15, 0.2) is 0 Å². The van der Waals surface area contributed by atoms with Crippen LogP contribution in [0.5, 0.6) is 5.75 Å². The van der Waals surface area contributed by atoms with Crippen LogP contribution in [-0.2, 0) is 0 Å². The van der Waals surface area contributed by atoms with Crippen LogP contribution in [-0.4, -0.2) is 12.1 Å². The highest BCUT2D eigenvalue weighted by Gasteiger charge is 2.15. The summed E-state index contributed by atoms with van der Waals surface area (Å²) in [7, 11) is 1.68. The molecular formula is C23H18ClNO. The minimum atomic E-state index is 0.709. The maximum Gasteiger partial charge on any atom is 0.118 e. The van der Waals surface area contributed by atoms with Crippen LogP contribution in [0.1, 0.15) is 5.56 Å². The van der Waals surface area contributed by atoms with Crippen LogP contribution in [0.15, 0.2) is 72.8 Å². The van der Waals surface area contributed by atoms with E-state index in [4.69, 9.17) is 21.3 Å². The normalized spacial score (nSPS) is 10.9. The topological polar surface area (TPSA) is 22.1 Å². The molecule has 0 atom stereocenters. The number of benzene rings is 3. The van der Waals surface area contributed by atoms with Gasteiger partial charge >= 0.3 is 0 Å². The largest absolute Gasteiger partial charge is 0.497 e. The predicted molar refractivity (Wildman–Crippen MR) is 109 cm³/mol. The number of ether oxygens (including phenoxy) is 1. The molecule has 0 radical (unpaired) electrons. The highest BCUT2D eigenvalue weighted by Crippen LogP contribution is 2.37. The third-order valence-corrected chi connectivity index (χ3v) is 4.85. The van der Waals surface area contributed by atoms with Gasteiger partial charge < -0.3 is 4.74 Å². The number of aromatic nitrogens is 1. The molecule has 0 spiro atoms. The molecule has 1 aromatic heterocycles. The molecule has 3 heteroatoms. The summed E-state index contributed by atoms with van der Waals surface area (Å²) in [6.07, 6.45) is 0. The summed E-state index contributed by atoms with van der Waals surface area (Å²) in [6.45, 7) is 2.12. The van der Waals surface area contributed by atoms with Crippen LogP contribution < -0.4 is 4.74 Å². The number of pyridine rings is 1. The van der Waals surface area contributed by atoms with Gasteiger partial charge in [-0.25, -0.2) is 4.98 Å². The molecular weight excluding hydrogens is 342 g/mol. The Morgan fingerprint density at radius 2 is 1.58 bits per heavy atom. The number of halogens is 1. The summed E-state index contributed by atoms with van der Waals surface area (Å²) < 4.78 is 5.30. The maximum atomic E-state index is 6.29. The molecule has 4 aromatic rings. The standard InChI is InChI=1S/C23H18ClNO/c1-15-22(16-8-11-19(26-2)12-9-16)20-14-18(24)10-13-21(20)25-23(15)17-6-4-3-5-7-17/h3-14H,1-2H3. The Balaban J connectivity index is 2.05. The quantitative estimate of drug-likeness (QED) is 0.414. The van der Waals surface area contributed by atoms with Gasteiger partial charge in [-0.15, -0.1) is 0 Å². The van der Waals surface area contributed by atoms with Gasteiger partial charge in [0.2, 0.25) is 0 Å². The lowest BCUT2D eigenvalue weighted by Gasteiger charge is -2.16. The number of hydrogen-bond acceptors (Lipinski definition) is 2. The summed E-state index contributed by atoms with van der Waals surface area (Å²) in [6, 6.07) is 24.3. The average molecular weight is 360 g/mol. The van der Waals surface area contributed by atoms with Crippen molar-refractivity contribution in [1.82, 2.24) is 4.98 Å². The Bertz CT molecular complexity index is 1070. The molecule has 4 rings (SSSR count). The Morgan fingerprint density at radius 1 is 0.846 bits per heavy atom. The number of hydrogen-bond donors (Lipinski definition) is 0. The van der Waals surface area contributed by atoms with E-state index in [1.165, 1.54) is 0 Å². The number of methoxy groups -OCH3 is 1.